The van der Waals surface area contributed by atoms with Crippen LogP contribution in [0.25, 0.3) is 10.2 Å². The van der Waals surface area contributed by atoms with Crippen molar-refractivity contribution in [2.75, 3.05) is 30.4 Å². The summed E-state index contributed by atoms with van der Waals surface area (Å²) in [5, 5.41) is 3.55. The summed E-state index contributed by atoms with van der Waals surface area (Å²) in [6.07, 6.45) is -4.74. The van der Waals surface area contributed by atoms with Crippen LogP contribution in [0.2, 0.25) is 0 Å². The summed E-state index contributed by atoms with van der Waals surface area (Å²) in [5.74, 6) is 0.0224. The van der Waals surface area contributed by atoms with Gasteiger partial charge in [0.1, 0.15) is 11.5 Å². The van der Waals surface area contributed by atoms with Gasteiger partial charge in [0.25, 0.3) is 0 Å². The number of carbonyl (C=O) groups excluding carboxylic acids is 1. The molecule has 4 rings (SSSR count). The van der Waals surface area contributed by atoms with E-state index in [0.717, 1.165) is 33.2 Å². The summed E-state index contributed by atoms with van der Waals surface area (Å²) in [6, 6.07) is 10.7. The molecular weight excluding hydrogens is 407 g/mol. The van der Waals surface area contributed by atoms with Crippen molar-refractivity contribution in [2.45, 2.75) is 6.36 Å². The summed E-state index contributed by atoms with van der Waals surface area (Å²) in [4.78, 5) is 19.0. The number of amides is 1. The van der Waals surface area contributed by atoms with E-state index in [0.29, 0.717) is 18.8 Å². The van der Waals surface area contributed by atoms with Crippen LogP contribution in [0.4, 0.5) is 24.0 Å². The Morgan fingerprint density at radius 1 is 1.17 bits per heavy atom. The summed E-state index contributed by atoms with van der Waals surface area (Å²) < 4.78 is 46.6. The van der Waals surface area contributed by atoms with Gasteiger partial charge in [0.15, 0.2) is 5.13 Å². The molecule has 29 heavy (non-hydrogen) atoms. The maximum absolute atomic E-state index is 12.4. The quantitative estimate of drug-likeness (QED) is 0.664. The standard InChI is InChI=1S/C19H16F3N3O3S/c1-27-14-6-7-15-16(8-14)29-18(24-15)25-9-11(10-25)17(26)23-12-2-4-13(5-3-12)28-19(20,21)22/h2-8,11H,9-10H2,1H3,(H,23,26). The highest BCUT2D eigenvalue weighted by Gasteiger charge is 2.34. The summed E-state index contributed by atoms with van der Waals surface area (Å²) in [5.41, 5.74) is 1.29. The molecule has 2 heterocycles. The first kappa shape index (κ1) is 19.3. The van der Waals surface area contributed by atoms with Crippen molar-refractivity contribution >= 4 is 38.3 Å². The van der Waals surface area contributed by atoms with E-state index >= 15 is 0 Å². The van der Waals surface area contributed by atoms with Crippen molar-refractivity contribution in [2.24, 2.45) is 5.92 Å². The number of thiazole rings is 1. The van der Waals surface area contributed by atoms with Crippen LogP contribution in [0.3, 0.4) is 0 Å². The molecule has 3 aromatic rings. The van der Waals surface area contributed by atoms with E-state index in [2.05, 4.69) is 15.0 Å². The van der Waals surface area contributed by atoms with Crippen LogP contribution in [0.15, 0.2) is 42.5 Å². The van der Waals surface area contributed by atoms with Crippen LogP contribution in [0.1, 0.15) is 0 Å². The van der Waals surface area contributed by atoms with Gasteiger partial charge in [-0.05, 0) is 42.5 Å². The second-order valence-corrected chi connectivity index (χ2v) is 7.50. The maximum Gasteiger partial charge on any atom is 0.573 e. The number of nitrogens with zero attached hydrogens (tertiary/aromatic N) is 2. The highest BCUT2D eigenvalue weighted by atomic mass is 32.1. The topological polar surface area (TPSA) is 63.7 Å². The van der Waals surface area contributed by atoms with Crippen LogP contribution >= 0.6 is 11.3 Å². The van der Waals surface area contributed by atoms with Crippen LogP contribution in [-0.4, -0.2) is 37.5 Å². The van der Waals surface area contributed by atoms with Crippen molar-refractivity contribution in [1.29, 1.82) is 0 Å². The first-order valence-electron chi connectivity index (χ1n) is 8.67. The summed E-state index contributed by atoms with van der Waals surface area (Å²) in [6.45, 7) is 1.05. The number of nitrogens with one attached hydrogen (secondary N) is 1. The number of halogens is 3. The molecule has 1 aromatic heterocycles. The minimum absolute atomic E-state index is 0.187. The number of benzene rings is 2. The van der Waals surface area contributed by atoms with Gasteiger partial charge in [-0.2, -0.15) is 0 Å². The second-order valence-electron chi connectivity index (χ2n) is 6.49. The number of anilines is 2. The van der Waals surface area contributed by atoms with E-state index in [4.69, 9.17) is 4.74 Å². The smallest absolute Gasteiger partial charge is 0.497 e. The number of hydrogen-bond acceptors (Lipinski definition) is 6. The fourth-order valence-electron chi connectivity index (χ4n) is 2.94. The Morgan fingerprint density at radius 2 is 1.86 bits per heavy atom. The lowest BCUT2D eigenvalue weighted by Gasteiger charge is -2.37. The molecule has 10 heteroatoms. The van der Waals surface area contributed by atoms with E-state index in [9.17, 15) is 18.0 Å². The summed E-state index contributed by atoms with van der Waals surface area (Å²) in [7, 11) is 1.61. The Bertz CT molecular complexity index is 1030. The molecular formula is C19H16F3N3O3S. The number of methoxy groups -OCH3 is 1. The number of fused-ring (bicyclic) bond motifs is 1. The summed E-state index contributed by atoms with van der Waals surface area (Å²) >= 11 is 1.53. The molecule has 0 radical (unpaired) electrons. The molecule has 152 valence electrons. The molecule has 6 nitrogen and oxygen atoms in total. The number of hydrogen-bond donors (Lipinski definition) is 1. The van der Waals surface area contributed by atoms with E-state index in [1.54, 1.807) is 7.11 Å². The zero-order valence-corrected chi connectivity index (χ0v) is 16.0. The average molecular weight is 423 g/mol. The zero-order chi connectivity index (χ0) is 20.6. The lowest BCUT2D eigenvalue weighted by Crippen LogP contribution is -2.52. The Balaban J connectivity index is 1.33. The van der Waals surface area contributed by atoms with Gasteiger partial charge in [-0.3, -0.25) is 4.79 Å². The monoisotopic (exact) mass is 423 g/mol. The molecule has 0 atom stereocenters. The largest absolute Gasteiger partial charge is 0.573 e. The first-order chi connectivity index (χ1) is 13.8. The van der Waals surface area contributed by atoms with Gasteiger partial charge < -0.3 is 19.7 Å². The van der Waals surface area contributed by atoms with Crippen LogP contribution < -0.4 is 19.7 Å². The van der Waals surface area contributed by atoms with Crippen LogP contribution in [0.5, 0.6) is 11.5 Å². The molecule has 0 spiro atoms. The third-order valence-electron chi connectivity index (χ3n) is 4.46. The van der Waals surface area contributed by atoms with Gasteiger partial charge in [-0.15, -0.1) is 13.2 Å². The second kappa shape index (κ2) is 7.43. The molecule has 2 aromatic carbocycles. The van der Waals surface area contributed by atoms with Crippen molar-refractivity contribution in [3.63, 3.8) is 0 Å². The van der Waals surface area contributed by atoms with Crippen LogP contribution in [-0.2, 0) is 4.79 Å². The van der Waals surface area contributed by atoms with Crippen LogP contribution in [0, 0.1) is 5.92 Å². The third kappa shape index (κ3) is 4.37. The predicted octanol–water partition coefficient (Wildman–Crippen LogP) is 4.28. The lowest BCUT2D eigenvalue weighted by molar-refractivity contribution is -0.274. The Morgan fingerprint density at radius 3 is 2.52 bits per heavy atom. The van der Waals surface area contributed by atoms with Crippen molar-refractivity contribution in [3.8, 4) is 11.5 Å². The number of ether oxygens (including phenoxy) is 2. The molecule has 1 aliphatic rings. The molecule has 0 saturated carbocycles. The predicted molar refractivity (Wildman–Crippen MR) is 104 cm³/mol. The molecule has 0 bridgehead atoms. The zero-order valence-electron chi connectivity index (χ0n) is 15.2. The van der Waals surface area contributed by atoms with E-state index in [-0.39, 0.29) is 17.6 Å². The van der Waals surface area contributed by atoms with E-state index in [1.165, 1.54) is 23.5 Å². The van der Waals surface area contributed by atoms with Crippen molar-refractivity contribution in [3.05, 3.63) is 42.5 Å². The Kier molecular flexibility index (Phi) is 4.95. The van der Waals surface area contributed by atoms with E-state index < -0.39 is 6.36 Å². The van der Waals surface area contributed by atoms with Gasteiger partial charge in [0.05, 0.1) is 23.2 Å². The fraction of sp³-hybridized carbons (Fsp3) is 0.263. The molecule has 1 N–H and O–H groups in total. The number of rotatable bonds is 5. The third-order valence-corrected chi connectivity index (χ3v) is 5.54. The first-order valence-corrected chi connectivity index (χ1v) is 9.48. The van der Waals surface area contributed by atoms with Crippen molar-refractivity contribution in [1.82, 2.24) is 4.98 Å². The molecule has 1 fully saturated rings. The molecule has 1 saturated heterocycles. The highest BCUT2D eigenvalue weighted by molar-refractivity contribution is 7.22. The maximum atomic E-state index is 12.4. The average Bonchev–Trinajstić information content (AvgIpc) is 3.03. The molecule has 0 unspecified atom stereocenters. The number of aromatic nitrogens is 1. The van der Waals surface area contributed by atoms with Gasteiger partial charge >= 0.3 is 6.36 Å². The minimum atomic E-state index is -4.74. The van der Waals surface area contributed by atoms with Gasteiger partial charge in [0.2, 0.25) is 5.91 Å². The van der Waals surface area contributed by atoms with Gasteiger partial charge in [-0.1, -0.05) is 11.3 Å². The number of carbonyl (C=O) groups is 1. The molecule has 0 aliphatic carbocycles. The van der Waals surface area contributed by atoms with Gasteiger partial charge in [-0.25, -0.2) is 4.98 Å². The fourth-order valence-corrected chi connectivity index (χ4v) is 3.95. The normalized spacial score (nSPS) is 14.6. The minimum Gasteiger partial charge on any atom is -0.497 e. The van der Waals surface area contributed by atoms with Gasteiger partial charge in [0, 0.05) is 18.8 Å². The number of alkyl halides is 3. The molecule has 1 amide bonds. The highest BCUT2D eigenvalue weighted by Crippen LogP contribution is 2.35. The molecule has 1 aliphatic heterocycles. The Hall–Kier alpha value is -3.01. The van der Waals surface area contributed by atoms with Crippen molar-refractivity contribution < 1.29 is 27.4 Å². The SMILES string of the molecule is COc1ccc2nc(N3CC(C(=O)Nc4ccc(OC(F)(F)F)cc4)C3)sc2c1. The lowest BCUT2D eigenvalue weighted by atomic mass is 10.00. The van der Waals surface area contributed by atoms with E-state index in [1.807, 2.05) is 23.1 Å². The Labute approximate surface area is 167 Å².